The van der Waals surface area contributed by atoms with Gasteiger partial charge in [0.15, 0.2) is 0 Å². The van der Waals surface area contributed by atoms with Crippen molar-refractivity contribution in [1.82, 2.24) is 5.32 Å². The molecule has 0 radical (unpaired) electrons. The minimum atomic E-state index is -0.235. The first-order valence-electron chi connectivity index (χ1n) is 9.34. The summed E-state index contributed by atoms with van der Waals surface area (Å²) in [4.78, 5) is 13.0. The lowest BCUT2D eigenvalue weighted by Gasteiger charge is -2.38. The van der Waals surface area contributed by atoms with Gasteiger partial charge >= 0.3 is 0 Å². The molecule has 1 aromatic rings. The lowest BCUT2D eigenvalue weighted by Crippen LogP contribution is -2.47. The summed E-state index contributed by atoms with van der Waals surface area (Å²) in [6.07, 6.45) is 8.13. The number of nitrogens with one attached hydrogen (secondary N) is 1. The van der Waals surface area contributed by atoms with Gasteiger partial charge < -0.3 is 14.8 Å². The van der Waals surface area contributed by atoms with Crippen LogP contribution in [-0.2, 0) is 9.53 Å². The van der Waals surface area contributed by atoms with Crippen molar-refractivity contribution < 1.29 is 14.3 Å². The van der Waals surface area contributed by atoms with Crippen LogP contribution in [0.5, 0.6) is 5.75 Å². The number of benzene rings is 1. The molecule has 2 aliphatic rings. The van der Waals surface area contributed by atoms with Crippen LogP contribution in [-0.4, -0.2) is 31.8 Å². The summed E-state index contributed by atoms with van der Waals surface area (Å²) in [6.45, 7) is 6.14. The average Bonchev–Trinajstić information content (AvgIpc) is 2.86. The van der Waals surface area contributed by atoms with Gasteiger partial charge in [-0.25, -0.2) is 0 Å². The Morgan fingerprint density at radius 2 is 1.88 bits per heavy atom. The quantitative estimate of drug-likeness (QED) is 0.877. The van der Waals surface area contributed by atoms with Gasteiger partial charge in [-0.05, 0) is 69.2 Å². The molecule has 4 heteroatoms. The van der Waals surface area contributed by atoms with Crippen molar-refractivity contribution in [3.05, 3.63) is 40.5 Å². The van der Waals surface area contributed by atoms with Gasteiger partial charge in [-0.1, -0.05) is 18.2 Å². The minimum Gasteiger partial charge on any atom is -0.496 e. The van der Waals surface area contributed by atoms with Crippen LogP contribution in [0.4, 0.5) is 0 Å². The van der Waals surface area contributed by atoms with Gasteiger partial charge in [0, 0.05) is 12.7 Å². The van der Waals surface area contributed by atoms with Crippen LogP contribution in [0.25, 0.3) is 11.6 Å². The van der Waals surface area contributed by atoms with E-state index >= 15 is 0 Å². The fourth-order valence-corrected chi connectivity index (χ4v) is 4.46. The third-order valence-corrected chi connectivity index (χ3v) is 5.94. The zero-order valence-corrected chi connectivity index (χ0v) is 16.4. The summed E-state index contributed by atoms with van der Waals surface area (Å²) >= 11 is 0. The highest BCUT2D eigenvalue weighted by Gasteiger charge is 2.46. The molecule has 1 amide bonds. The second-order valence-corrected chi connectivity index (χ2v) is 7.39. The molecule has 1 aliphatic carbocycles. The van der Waals surface area contributed by atoms with Gasteiger partial charge in [-0.15, -0.1) is 0 Å². The second kappa shape index (κ2) is 7.28. The monoisotopic (exact) mass is 355 g/mol. The summed E-state index contributed by atoms with van der Waals surface area (Å²) in [5, 5.41) is 3.29. The number of allylic oxidation sites excluding steroid dienone is 1. The number of carbonyl (C=O) groups is 1. The van der Waals surface area contributed by atoms with Crippen LogP contribution in [0, 0.1) is 6.92 Å². The Morgan fingerprint density at radius 3 is 2.46 bits per heavy atom. The first-order chi connectivity index (χ1) is 12.5. The van der Waals surface area contributed by atoms with Crippen molar-refractivity contribution in [2.75, 3.05) is 14.2 Å². The number of amides is 1. The SMILES string of the molecule is C/C=C/c1cc(C)c(C2=C(C)C3(CCC(OC)CC3)NC2=O)c(OC)c1. The van der Waals surface area contributed by atoms with Crippen LogP contribution in [0.1, 0.15) is 56.2 Å². The van der Waals surface area contributed by atoms with E-state index in [1.54, 1.807) is 14.2 Å². The number of hydrogen-bond acceptors (Lipinski definition) is 3. The number of methoxy groups -OCH3 is 2. The smallest absolute Gasteiger partial charge is 0.252 e. The molecular formula is C22H29NO3. The van der Waals surface area contributed by atoms with Crippen LogP contribution in [0.3, 0.4) is 0 Å². The van der Waals surface area contributed by atoms with Gasteiger partial charge in [0.05, 0.1) is 24.3 Å². The number of aryl methyl sites for hydroxylation is 1. The highest BCUT2D eigenvalue weighted by Crippen LogP contribution is 2.45. The van der Waals surface area contributed by atoms with Gasteiger partial charge in [-0.3, -0.25) is 4.79 Å². The number of ether oxygens (including phenoxy) is 2. The second-order valence-electron chi connectivity index (χ2n) is 7.39. The largest absolute Gasteiger partial charge is 0.496 e. The molecule has 4 nitrogen and oxygen atoms in total. The van der Waals surface area contributed by atoms with E-state index in [9.17, 15) is 4.79 Å². The molecule has 1 fully saturated rings. The fourth-order valence-electron chi connectivity index (χ4n) is 4.46. The maximum absolute atomic E-state index is 13.0. The zero-order valence-electron chi connectivity index (χ0n) is 16.4. The molecule has 1 N–H and O–H groups in total. The van der Waals surface area contributed by atoms with Crippen LogP contribution >= 0.6 is 0 Å². The molecule has 26 heavy (non-hydrogen) atoms. The molecule has 1 aliphatic heterocycles. The third kappa shape index (κ3) is 3.07. The average molecular weight is 355 g/mol. The fraction of sp³-hybridized carbons (Fsp3) is 0.500. The Kier molecular flexibility index (Phi) is 5.24. The molecule has 1 heterocycles. The maximum Gasteiger partial charge on any atom is 0.252 e. The molecule has 3 rings (SSSR count). The van der Waals surface area contributed by atoms with Gasteiger partial charge in [0.2, 0.25) is 0 Å². The van der Waals surface area contributed by atoms with Gasteiger partial charge in [-0.2, -0.15) is 0 Å². The van der Waals surface area contributed by atoms with Crippen LogP contribution in [0.2, 0.25) is 0 Å². The molecular weight excluding hydrogens is 326 g/mol. The predicted octanol–water partition coefficient (Wildman–Crippen LogP) is 4.27. The van der Waals surface area contributed by atoms with Crippen LogP contribution < -0.4 is 10.1 Å². The summed E-state index contributed by atoms with van der Waals surface area (Å²) in [7, 11) is 3.44. The minimum absolute atomic E-state index is 0.0125. The van der Waals surface area contributed by atoms with E-state index in [0.29, 0.717) is 6.10 Å². The number of hydrogen-bond donors (Lipinski definition) is 1. The highest BCUT2D eigenvalue weighted by molar-refractivity contribution is 6.24. The van der Waals surface area contributed by atoms with Crippen molar-refractivity contribution in [1.29, 1.82) is 0 Å². The topological polar surface area (TPSA) is 47.6 Å². The summed E-state index contributed by atoms with van der Waals surface area (Å²) < 4.78 is 11.2. The van der Waals surface area contributed by atoms with E-state index < -0.39 is 0 Å². The van der Waals surface area contributed by atoms with E-state index in [4.69, 9.17) is 9.47 Å². The lowest BCUT2D eigenvalue weighted by molar-refractivity contribution is -0.116. The van der Waals surface area contributed by atoms with E-state index in [2.05, 4.69) is 18.3 Å². The Morgan fingerprint density at radius 1 is 1.19 bits per heavy atom. The van der Waals surface area contributed by atoms with E-state index in [1.807, 2.05) is 32.1 Å². The van der Waals surface area contributed by atoms with E-state index in [-0.39, 0.29) is 11.4 Å². The zero-order chi connectivity index (χ0) is 18.9. The lowest BCUT2D eigenvalue weighted by atomic mass is 9.75. The first kappa shape index (κ1) is 18.7. The highest BCUT2D eigenvalue weighted by atomic mass is 16.5. The Bertz CT molecular complexity index is 768. The van der Waals surface area contributed by atoms with Crippen molar-refractivity contribution in [2.45, 2.75) is 58.1 Å². The molecule has 0 unspecified atom stereocenters. The predicted molar refractivity (Wildman–Crippen MR) is 105 cm³/mol. The molecule has 0 aromatic heterocycles. The normalized spacial score (nSPS) is 26.0. The Labute approximate surface area is 156 Å². The molecule has 1 aromatic carbocycles. The third-order valence-electron chi connectivity index (χ3n) is 5.94. The summed E-state index contributed by atoms with van der Waals surface area (Å²) in [5.41, 5.74) is 4.74. The molecule has 0 atom stereocenters. The van der Waals surface area contributed by atoms with Crippen molar-refractivity contribution in [3.63, 3.8) is 0 Å². The van der Waals surface area contributed by atoms with Crippen LogP contribution in [0.15, 0.2) is 23.8 Å². The standard InChI is InChI=1S/C22H29NO3/c1-6-7-16-12-14(2)19(18(13-16)26-5)20-15(3)22(23-21(20)24)10-8-17(25-4)9-11-22/h6-7,12-13,17H,8-11H2,1-5H3,(H,23,24)/b7-6+. The Hall–Kier alpha value is -2.07. The van der Waals surface area contributed by atoms with Crippen molar-refractivity contribution in [2.24, 2.45) is 0 Å². The Balaban J connectivity index is 2.07. The molecule has 1 saturated carbocycles. The van der Waals surface area contributed by atoms with Gasteiger partial charge in [0.25, 0.3) is 5.91 Å². The summed E-state index contributed by atoms with van der Waals surface area (Å²) in [6, 6.07) is 4.11. The molecule has 0 saturated heterocycles. The van der Waals surface area contributed by atoms with Crippen molar-refractivity contribution in [3.8, 4) is 5.75 Å². The molecule has 1 spiro atoms. The molecule has 140 valence electrons. The van der Waals surface area contributed by atoms with Crippen molar-refractivity contribution >= 4 is 17.6 Å². The van der Waals surface area contributed by atoms with E-state index in [1.165, 1.54) is 0 Å². The first-order valence-corrected chi connectivity index (χ1v) is 9.34. The van der Waals surface area contributed by atoms with Gasteiger partial charge in [0.1, 0.15) is 5.75 Å². The number of rotatable bonds is 4. The number of carbonyl (C=O) groups excluding carboxylic acids is 1. The van der Waals surface area contributed by atoms with E-state index in [0.717, 1.165) is 59.3 Å². The maximum atomic E-state index is 13.0. The molecule has 0 bridgehead atoms. The summed E-state index contributed by atoms with van der Waals surface area (Å²) in [5.74, 6) is 0.767.